The van der Waals surface area contributed by atoms with Gasteiger partial charge in [-0.25, -0.2) is 4.79 Å². The predicted octanol–water partition coefficient (Wildman–Crippen LogP) is 2.09. The van der Waals surface area contributed by atoms with Crippen molar-refractivity contribution in [3.05, 3.63) is 70.0 Å². The number of Topliss-reactive ketones (excluding diaryl/α,β-unsaturated/α-hetero) is 1. The fourth-order valence-electron chi connectivity index (χ4n) is 3.20. The molecule has 2 aromatic rings. The minimum absolute atomic E-state index is 0.276. The van der Waals surface area contributed by atoms with Gasteiger partial charge < -0.3 is 15.7 Å². The first-order valence-electron chi connectivity index (χ1n) is 8.11. The standard InChI is InChI=1S/C17H13F3N4O5/c18-17(19,20)16(27)12(14(25)9-4-3-7-21-8-9)13(22-15(26)23-16)10-5-1-2-6-11(10)24(28)29/h1-8,12-13,27H,(H2,22,23,26)/t12-,13+,16+/m1/s1. The van der Waals surface area contributed by atoms with E-state index in [4.69, 9.17) is 0 Å². The van der Waals surface area contributed by atoms with Gasteiger partial charge >= 0.3 is 12.2 Å². The summed E-state index contributed by atoms with van der Waals surface area (Å²) in [4.78, 5) is 39.0. The molecule has 0 saturated carbocycles. The fraction of sp³-hybridized carbons (Fsp3) is 0.235. The van der Waals surface area contributed by atoms with Crippen molar-refractivity contribution in [1.82, 2.24) is 15.6 Å². The van der Waals surface area contributed by atoms with Crippen LogP contribution in [-0.4, -0.2) is 38.7 Å². The Hall–Kier alpha value is -3.54. The van der Waals surface area contributed by atoms with E-state index in [0.717, 1.165) is 18.3 Å². The molecule has 1 saturated heterocycles. The number of aromatic nitrogens is 1. The van der Waals surface area contributed by atoms with Crippen molar-refractivity contribution in [2.24, 2.45) is 5.92 Å². The molecule has 0 radical (unpaired) electrons. The number of nitro groups is 1. The summed E-state index contributed by atoms with van der Waals surface area (Å²) in [5.74, 6) is -3.58. The number of aliphatic hydroxyl groups is 1. The molecule has 2 amide bonds. The molecule has 0 unspecified atom stereocenters. The Morgan fingerprint density at radius 2 is 1.93 bits per heavy atom. The summed E-state index contributed by atoms with van der Waals surface area (Å²) in [6, 6.07) is 3.89. The SMILES string of the molecule is O=C1N[C@@H](c2ccccc2[N+](=O)[O-])[C@H](C(=O)c2cccnc2)[C@](O)(C(F)(F)F)N1. The van der Waals surface area contributed by atoms with Gasteiger partial charge in [-0.2, -0.15) is 13.2 Å². The van der Waals surface area contributed by atoms with Crippen LogP contribution >= 0.6 is 0 Å². The number of hydrogen-bond acceptors (Lipinski definition) is 6. The van der Waals surface area contributed by atoms with Crippen LogP contribution in [0.3, 0.4) is 0 Å². The number of pyridine rings is 1. The molecule has 1 aliphatic heterocycles. The predicted molar refractivity (Wildman–Crippen MR) is 90.6 cm³/mol. The number of ketones is 1. The maximum absolute atomic E-state index is 13.8. The molecule has 29 heavy (non-hydrogen) atoms. The van der Waals surface area contributed by atoms with Crippen molar-refractivity contribution in [1.29, 1.82) is 0 Å². The van der Waals surface area contributed by atoms with Crippen LogP contribution in [0.25, 0.3) is 0 Å². The van der Waals surface area contributed by atoms with Crippen molar-refractivity contribution in [2.75, 3.05) is 0 Å². The summed E-state index contributed by atoms with van der Waals surface area (Å²) >= 11 is 0. The summed E-state index contributed by atoms with van der Waals surface area (Å²) in [6.45, 7) is 0. The maximum atomic E-state index is 13.8. The number of nitrogens with zero attached hydrogens (tertiary/aromatic N) is 2. The molecule has 3 atom stereocenters. The Kier molecular flexibility index (Phi) is 4.96. The lowest BCUT2D eigenvalue weighted by Crippen LogP contribution is -2.72. The Balaban J connectivity index is 2.23. The summed E-state index contributed by atoms with van der Waals surface area (Å²) in [5.41, 5.74) is -5.23. The number of carbonyl (C=O) groups is 2. The van der Waals surface area contributed by atoms with Gasteiger partial charge in [0, 0.05) is 24.0 Å². The minimum Gasteiger partial charge on any atom is -0.363 e. The van der Waals surface area contributed by atoms with Crippen LogP contribution in [0.4, 0.5) is 23.7 Å². The fourth-order valence-corrected chi connectivity index (χ4v) is 3.20. The van der Waals surface area contributed by atoms with Crippen LogP contribution in [0, 0.1) is 16.0 Å². The highest BCUT2D eigenvalue weighted by atomic mass is 19.4. The number of rotatable bonds is 4. The van der Waals surface area contributed by atoms with E-state index < -0.39 is 46.3 Å². The van der Waals surface area contributed by atoms with Gasteiger partial charge in [-0.05, 0) is 12.1 Å². The smallest absolute Gasteiger partial charge is 0.363 e. The molecule has 1 aromatic carbocycles. The van der Waals surface area contributed by atoms with E-state index in [1.165, 1.54) is 35.8 Å². The lowest BCUT2D eigenvalue weighted by Gasteiger charge is -2.44. The van der Waals surface area contributed by atoms with Crippen LogP contribution < -0.4 is 10.6 Å². The Morgan fingerprint density at radius 1 is 1.24 bits per heavy atom. The summed E-state index contributed by atoms with van der Waals surface area (Å²) < 4.78 is 41.3. The van der Waals surface area contributed by atoms with E-state index in [1.807, 2.05) is 0 Å². The highest BCUT2D eigenvalue weighted by Crippen LogP contribution is 2.45. The number of carbonyl (C=O) groups excluding carboxylic acids is 2. The Labute approximate surface area is 160 Å². The summed E-state index contributed by atoms with van der Waals surface area (Å²) in [7, 11) is 0. The number of urea groups is 1. The van der Waals surface area contributed by atoms with Gasteiger partial charge in [0.1, 0.15) is 5.92 Å². The zero-order chi connectivity index (χ0) is 21.4. The second-order valence-corrected chi connectivity index (χ2v) is 6.24. The van der Waals surface area contributed by atoms with Gasteiger partial charge in [-0.1, -0.05) is 18.2 Å². The van der Waals surface area contributed by atoms with E-state index in [-0.39, 0.29) is 11.1 Å². The highest BCUT2D eigenvalue weighted by molar-refractivity contribution is 6.00. The van der Waals surface area contributed by atoms with Gasteiger partial charge in [-0.3, -0.25) is 19.9 Å². The van der Waals surface area contributed by atoms with Crippen molar-refractivity contribution in [2.45, 2.75) is 17.9 Å². The zero-order valence-electron chi connectivity index (χ0n) is 14.4. The van der Waals surface area contributed by atoms with Gasteiger partial charge in [0.25, 0.3) is 5.69 Å². The minimum atomic E-state index is -5.46. The van der Waals surface area contributed by atoms with E-state index >= 15 is 0 Å². The van der Waals surface area contributed by atoms with Gasteiger partial charge in [0.05, 0.1) is 16.5 Å². The largest absolute Gasteiger partial charge is 0.437 e. The van der Waals surface area contributed by atoms with Crippen molar-refractivity contribution in [3.8, 4) is 0 Å². The highest BCUT2D eigenvalue weighted by Gasteiger charge is 2.66. The third kappa shape index (κ3) is 3.49. The number of alkyl halides is 3. The number of hydrogen-bond donors (Lipinski definition) is 3. The van der Waals surface area contributed by atoms with Gasteiger partial charge in [0.15, 0.2) is 5.78 Å². The lowest BCUT2D eigenvalue weighted by atomic mass is 9.77. The average molecular weight is 410 g/mol. The van der Waals surface area contributed by atoms with E-state index in [1.54, 1.807) is 0 Å². The first-order valence-corrected chi connectivity index (χ1v) is 8.11. The van der Waals surface area contributed by atoms with E-state index in [9.17, 15) is 38.0 Å². The molecule has 0 spiro atoms. The number of nitro benzene ring substituents is 1. The average Bonchev–Trinajstić information content (AvgIpc) is 2.66. The molecule has 1 aromatic heterocycles. The Morgan fingerprint density at radius 3 is 2.52 bits per heavy atom. The molecule has 9 nitrogen and oxygen atoms in total. The monoisotopic (exact) mass is 410 g/mol. The molecule has 152 valence electrons. The molecule has 3 rings (SSSR count). The summed E-state index contributed by atoms with van der Waals surface area (Å²) in [6.07, 6.45) is -3.19. The second kappa shape index (κ2) is 7.13. The number of halogens is 3. The van der Waals surface area contributed by atoms with Gasteiger partial charge in [0.2, 0.25) is 5.72 Å². The zero-order valence-corrected chi connectivity index (χ0v) is 14.4. The first-order chi connectivity index (χ1) is 13.6. The third-order valence-electron chi connectivity index (χ3n) is 4.50. The van der Waals surface area contributed by atoms with Crippen molar-refractivity contribution < 1.29 is 32.8 Å². The molecule has 12 heteroatoms. The van der Waals surface area contributed by atoms with Crippen LogP contribution in [0.1, 0.15) is 22.0 Å². The Bertz CT molecular complexity index is 969. The topological polar surface area (TPSA) is 134 Å². The molecule has 2 heterocycles. The molecular formula is C17H13F3N4O5. The van der Waals surface area contributed by atoms with Crippen molar-refractivity contribution >= 4 is 17.5 Å². The molecular weight excluding hydrogens is 397 g/mol. The van der Waals surface area contributed by atoms with Gasteiger partial charge in [-0.15, -0.1) is 0 Å². The van der Waals surface area contributed by atoms with Crippen molar-refractivity contribution in [3.63, 3.8) is 0 Å². The first kappa shape index (κ1) is 20.2. The summed E-state index contributed by atoms with van der Waals surface area (Å²) in [5, 5.41) is 25.2. The number of para-hydroxylation sites is 1. The van der Waals surface area contributed by atoms with Crippen LogP contribution in [0.2, 0.25) is 0 Å². The molecule has 1 aliphatic rings. The second-order valence-electron chi connectivity index (χ2n) is 6.24. The van der Waals surface area contributed by atoms with E-state index in [0.29, 0.717) is 0 Å². The maximum Gasteiger partial charge on any atom is 0.437 e. The lowest BCUT2D eigenvalue weighted by molar-refractivity contribution is -0.386. The quantitative estimate of drug-likeness (QED) is 0.401. The normalized spacial score (nSPS) is 24.3. The molecule has 3 N–H and O–H groups in total. The van der Waals surface area contributed by atoms with E-state index in [2.05, 4.69) is 10.3 Å². The third-order valence-corrected chi connectivity index (χ3v) is 4.50. The van der Waals surface area contributed by atoms with Crippen LogP contribution in [-0.2, 0) is 0 Å². The van der Waals surface area contributed by atoms with Crippen LogP contribution in [0.15, 0.2) is 48.8 Å². The number of amides is 2. The molecule has 0 bridgehead atoms. The molecule has 0 aliphatic carbocycles. The number of nitrogens with one attached hydrogen (secondary N) is 2. The number of benzene rings is 1. The van der Waals surface area contributed by atoms with Crippen LogP contribution in [0.5, 0.6) is 0 Å². The molecule has 1 fully saturated rings.